The number of hydrogen-bond donors (Lipinski definition) is 1. The maximum atomic E-state index is 12.3. The van der Waals surface area contributed by atoms with E-state index in [9.17, 15) is 13.2 Å². The largest absolute Gasteiger partial charge is 0.573 e. The van der Waals surface area contributed by atoms with E-state index in [1.807, 2.05) is 0 Å². The summed E-state index contributed by atoms with van der Waals surface area (Å²) >= 11 is 0. The van der Waals surface area contributed by atoms with Crippen LogP contribution >= 0.6 is 0 Å². The molecule has 2 rings (SSSR count). The van der Waals surface area contributed by atoms with Crippen LogP contribution in [0.15, 0.2) is 36.7 Å². The summed E-state index contributed by atoms with van der Waals surface area (Å²) in [6.07, 6.45) is -1.98. The van der Waals surface area contributed by atoms with E-state index in [1.54, 1.807) is 6.07 Å². The Kier molecular flexibility index (Phi) is 3.05. The number of hydrogen-bond acceptors (Lipinski definition) is 4. The molecule has 1 heterocycles. The van der Waals surface area contributed by atoms with Crippen LogP contribution in [0, 0.1) is 0 Å². The fourth-order valence-corrected chi connectivity index (χ4v) is 1.40. The number of nitrogens with zero attached hydrogens (tertiary/aromatic N) is 2. The number of ether oxygens (including phenoxy) is 1. The van der Waals surface area contributed by atoms with Crippen molar-refractivity contribution < 1.29 is 17.9 Å². The number of benzene rings is 1. The Bertz CT molecular complexity index is 543. The highest BCUT2D eigenvalue weighted by molar-refractivity contribution is 5.73. The number of nitrogen functional groups attached to an aromatic ring is 1. The Morgan fingerprint density at radius 1 is 1.06 bits per heavy atom. The zero-order valence-electron chi connectivity index (χ0n) is 8.98. The van der Waals surface area contributed by atoms with Gasteiger partial charge in [-0.15, -0.1) is 13.2 Å². The van der Waals surface area contributed by atoms with E-state index >= 15 is 0 Å². The van der Waals surface area contributed by atoms with E-state index < -0.39 is 12.1 Å². The van der Waals surface area contributed by atoms with Gasteiger partial charge in [-0.25, -0.2) is 9.97 Å². The maximum absolute atomic E-state index is 12.3. The van der Waals surface area contributed by atoms with Crippen molar-refractivity contribution >= 4 is 5.69 Å². The smallest absolute Gasteiger partial charge is 0.403 e. The second kappa shape index (κ2) is 4.52. The summed E-state index contributed by atoms with van der Waals surface area (Å²) in [5.41, 5.74) is 5.45. The maximum Gasteiger partial charge on any atom is 0.573 e. The minimum Gasteiger partial charge on any atom is -0.403 e. The van der Waals surface area contributed by atoms with Crippen LogP contribution in [0.4, 0.5) is 18.9 Å². The lowest BCUT2D eigenvalue weighted by Crippen LogP contribution is -2.18. The van der Waals surface area contributed by atoms with Crippen LogP contribution in [0.1, 0.15) is 0 Å². The van der Waals surface area contributed by atoms with Gasteiger partial charge < -0.3 is 10.5 Å². The van der Waals surface area contributed by atoms with Gasteiger partial charge in [0.05, 0.1) is 11.3 Å². The number of anilines is 1. The minimum absolute atomic E-state index is 0.0907. The third kappa shape index (κ3) is 2.68. The average molecular weight is 255 g/mol. The van der Waals surface area contributed by atoms with Gasteiger partial charge in [-0.3, -0.25) is 0 Å². The van der Waals surface area contributed by atoms with Crippen LogP contribution in [0.2, 0.25) is 0 Å². The van der Waals surface area contributed by atoms with Crippen molar-refractivity contribution in [3.63, 3.8) is 0 Å². The first kappa shape index (κ1) is 12.2. The minimum atomic E-state index is -4.82. The molecule has 0 aliphatic rings. The lowest BCUT2D eigenvalue weighted by molar-refractivity contribution is -0.274. The van der Waals surface area contributed by atoms with Crippen molar-refractivity contribution in [3.05, 3.63) is 36.7 Å². The summed E-state index contributed by atoms with van der Waals surface area (Å²) in [7, 11) is 0. The molecule has 18 heavy (non-hydrogen) atoms. The summed E-state index contributed by atoms with van der Waals surface area (Å²) in [5.74, 6) is -0.375. The zero-order valence-corrected chi connectivity index (χ0v) is 8.98. The standard InChI is InChI=1S/C11H8F3N3O/c12-11(13,14)18-9-7(3-1-4-8(9)15)10-16-5-2-6-17-10/h1-6H,15H2. The molecular formula is C11H8F3N3O. The molecule has 2 aromatic rings. The van der Waals surface area contributed by atoms with Gasteiger partial charge in [0.1, 0.15) is 0 Å². The van der Waals surface area contributed by atoms with Crippen molar-refractivity contribution in [1.29, 1.82) is 0 Å². The van der Waals surface area contributed by atoms with Crippen LogP contribution in [0.5, 0.6) is 5.75 Å². The van der Waals surface area contributed by atoms with Crippen molar-refractivity contribution in [3.8, 4) is 17.1 Å². The molecule has 0 atom stereocenters. The molecule has 0 bridgehead atoms. The zero-order chi connectivity index (χ0) is 13.2. The number of alkyl halides is 3. The van der Waals surface area contributed by atoms with E-state index in [1.165, 1.54) is 30.6 Å². The Morgan fingerprint density at radius 3 is 2.33 bits per heavy atom. The molecule has 0 aliphatic carbocycles. The number of halogens is 3. The number of nitrogens with two attached hydrogens (primary N) is 1. The molecule has 0 saturated carbocycles. The molecule has 1 aromatic carbocycles. The number of para-hydroxylation sites is 1. The Hall–Kier alpha value is -2.31. The van der Waals surface area contributed by atoms with Crippen LogP contribution in [-0.4, -0.2) is 16.3 Å². The van der Waals surface area contributed by atoms with Crippen LogP contribution < -0.4 is 10.5 Å². The van der Waals surface area contributed by atoms with Crippen molar-refractivity contribution in [2.24, 2.45) is 0 Å². The number of rotatable bonds is 2. The molecule has 0 spiro atoms. The topological polar surface area (TPSA) is 61.0 Å². The van der Waals surface area contributed by atoms with Crippen LogP contribution in [-0.2, 0) is 0 Å². The summed E-state index contributed by atoms with van der Waals surface area (Å²) < 4.78 is 40.8. The lowest BCUT2D eigenvalue weighted by atomic mass is 10.1. The molecule has 94 valence electrons. The Morgan fingerprint density at radius 2 is 1.72 bits per heavy atom. The van der Waals surface area contributed by atoms with Gasteiger partial charge in [0, 0.05) is 12.4 Å². The third-order valence-corrected chi connectivity index (χ3v) is 2.07. The van der Waals surface area contributed by atoms with E-state index in [-0.39, 0.29) is 17.1 Å². The van der Waals surface area contributed by atoms with Gasteiger partial charge in [-0.2, -0.15) is 0 Å². The van der Waals surface area contributed by atoms with Gasteiger partial charge in [-0.1, -0.05) is 6.07 Å². The Labute approximate surface area is 100 Å². The Balaban J connectivity index is 2.51. The second-order valence-corrected chi connectivity index (χ2v) is 3.34. The average Bonchev–Trinajstić information content (AvgIpc) is 2.31. The molecule has 0 amide bonds. The summed E-state index contributed by atoms with van der Waals surface area (Å²) in [6.45, 7) is 0. The molecule has 1 aromatic heterocycles. The predicted octanol–water partition coefficient (Wildman–Crippen LogP) is 2.62. The summed E-state index contributed by atoms with van der Waals surface area (Å²) in [4.78, 5) is 7.73. The first-order valence-corrected chi connectivity index (χ1v) is 4.89. The monoisotopic (exact) mass is 255 g/mol. The van der Waals surface area contributed by atoms with E-state index in [0.717, 1.165) is 0 Å². The van der Waals surface area contributed by atoms with Gasteiger partial charge in [0.25, 0.3) is 0 Å². The van der Waals surface area contributed by atoms with Crippen molar-refractivity contribution in [2.75, 3.05) is 5.73 Å². The lowest BCUT2D eigenvalue weighted by Gasteiger charge is -2.14. The van der Waals surface area contributed by atoms with E-state index in [0.29, 0.717) is 0 Å². The molecule has 7 heteroatoms. The van der Waals surface area contributed by atoms with Crippen LogP contribution in [0.3, 0.4) is 0 Å². The second-order valence-electron chi connectivity index (χ2n) is 3.34. The predicted molar refractivity (Wildman–Crippen MR) is 58.6 cm³/mol. The molecular weight excluding hydrogens is 247 g/mol. The highest BCUT2D eigenvalue weighted by atomic mass is 19.4. The SMILES string of the molecule is Nc1cccc(-c2ncccn2)c1OC(F)(F)F. The molecule has 4 nitrogen and oxygen atoms in total. The first-order valence-electron chi connectivity index (χ1n) is 4.89. The van der Waals surface area contributed by atoms with Crippen molar-refractivity contribution in [2.45, 2.75) is 6.36 Å². The molecule has 0 unspecified atom stereocenters. The highest BCUT2D eigenvalue weighted by Gasteiger charge is 2.33. The van der Waals surface area contributed by atoms with Crippen LogP contribution in [0.25, 0.3) is 11.4 Å². The quantitative estimate of drug-likeness (QED) is 0.838. The first-order chi connectivity index (χ1) is 8.47. The molecule has 0 fully saturated rings. The number of aromatic nitrogens is 2. The molecule has 2 N–H and O–H groups in total. The normalized spacial score (nSPS) is 11.3. The van der Waals surface area contributed by atoms with Gasteiger partial charge in [0.15, 0.2) is 11.6 Å². The fourth-order valence-electron chi connectivity index (χ4n) is 1.40. The summed E-state index contributed by atoms with van der Waals surface area (Å²) in [6, 6.07) is 5.78. The highest BCUT2D eigenvalue weighted by Crippen LogP contribution is 2.36. The van der Waals surface area contributed by atoms with Gasteiger partial charge in [0.2, 0.25) is 0 Å². The fraction of sp³-hybridized carbons (Fsp3) is 0.0909. The van der Waals surface area contributed by atoms with Gasteiger partial charge >= 0.3 is 6.36 Å². The summed E-state index contributed by atoms with van der Waals surface area (Å²) in [5, 5.41) is 0. The molecule has 0 saturated heterocycles. The van der Waals surface area contributed by atoms with E-state index in [4.69, 9.17) is 5.73 Å². The van der Waals surface area contributed by atoms with Gasteiger partial charge in [-0.05, 0) is 18.2 Å². The molecule has 0 aliphatic heterocycles. The third-order valence-electron chi connectivity index (χ3n) is 2.07. The van der Waals surface area contributed by atoms with Crippen molar-refractivity contribution in [1.82, 2.24) is 9.97 Å². The van der Waals surface area contributed by atoms with E-state index in [2.05, 4.69) is 14.7 Å². The molecule has 0 radical (unpaired) electrons.